The molecule has 1 nitrogen and oxygen atoms in total. The Bertz CT molecular complexity index is 170. The van der Waals surface area contributed by atoms with Crippen molar-refractivity contribution in [2.75, 3.05) is 0 Å². The van der Waals surface area contributed by atoms with Crippen LogP contribution in [0.4, 0.5) is 0 Å². The average Bonchev–Trinajstić information content (AvgIpc) is 2.15. The quantitative estimate of drug-likeness (QED) is 0.733. The van der Waals surface area contributed by atoms with Crippen molar-refractivity contribution in [3.8, 4) is 0 Å². The minimum Gasteiger partial charge on any atom is -0.328 e. The molecule has 0 aromatic carbocycles. The predicted octanol–water partition coefficient (Wildman–Crippen LogP) is 3.47. The van der Waals surface area contributed by atoms with Crippen LogP contribution in [-0.4, -0.2) is 6.04 Å². The van der Waals surface area contributed by atoms with Crippen molar-refractivity contribution < 1.29 is 0 Å². The lowest BCUT2D eigenvalue weighted by atomic mass is 9.61. The summed E-state index contributed by atoms with van der Waals surface area (Å²) in [5.74, 6) is 1.01. The number of rotatable bonds is 3. The first kappa shape index (κ1) is 10.5. The lowest BCUT2D eigenvalue weighted by Gasteiger charge is -2.45. The van der Waals surface area contributed by atoms with Crippen LogP contribution in [-0.2, 0) is 0 Å². The van der Waals surface area contributed by atoms with Crippen LogP contribution in [0.1, 0.15) is 64.7 Å². The minimum absolute atomic E-state index is 0.519. The summed E-state index contributed by atoms with van der Waals surface area (Å²) in [6.07, 6.45) is 12.8. The molecular weight excluding hydrogens is 170 g/mol. The van der Waals surface area contributed by atoms with Gasteiger partial charge in [-0.1, -0.05) is 19.8 Å². The second-order valence-electron chi connectivity index (χ2n) is 5.69. The van der Waals surface area contributed by atoms with Crippen molar-refractivity contribution in [3.05, 3.63) is 0 Å². The molecule has 2 rings (SSSR count). The molecule has 82 valence electrons. The molecule has 0 heterocycles. The standard InChI is InChI=1S/C13H25N/c1-2-13(8-3-9-13)10-11-4-6-12(14)7-5-11/h11-12H,2-10,14H2,1H3. The van der Waals surface area contributed by atoms with Gasteiger partial charge in [0.05, 0.1) is 0 Å². The molecule has 2 saturated carbocycles. The van der Waals surface area contributed by atoms with E-state index in [9.17, 15) is 0 Å². The smallest absolute Gasteiger partial charge is 0.00390 e. The lowest BCUT2D eigenvalue weighted by molar-refractivity contribution is 0.0751. The van der Waals surface area contributed by atoms with Crippen molar-refractivity contribution in [1.29, 1.82) is 0 Å². The fraction of sp³-hybridized carbons (Fsp3) is 1.00. The van der Waals surface area contributed by atoms with Gasteiger partial charge in [-0.25, -0.2) is 0 Å². The summed E-state index contributed by atoms with van der Waals surface area (Å²) in [6.45, 7) is 2.38. The van der Waals surface area contributed by atoms with Crippen LogP contribution in [0.2, 0.25) is 0 Å². The van der Waals surface area contributed by atoms with Crippen LogP contribution < -0.4 is 5.73 Å². The van der Waals surface area contributed by atoms with Gasteiger partial charge >= 0.3 is 0 Å². The van der Waals surface area contributed by atoms with Crippen LogP contribution >= 0.6 is 0 Å². The summed E-state index contributed by atoms with van der Waals surface area (Å²) in [4.78, 5) is 0. The first-order valence-corrected chi connectivity index (χ1v) is 6.50. The van der Waals surface area contributed by atoms with E-state index in [0.717, 1.165) is 11.3 Å². The molecule has 0 radical (unpaired) electrons. The molecule has 0 spiro atoms. The number of hydrogen-bond acceptors (Lipinski definition) is 1. The average molecular weight is 195 g/mol. The highest BCUT2D eigenvalue weighted by Gasteiger charge is 2.37. The zero-order valence-electron chi connectivity index (χ0n) is 9.60. The van der Waals surface area contributed by atoms with E-state index in [0.29, 0.717) is 6.04 Å². The molecule has 2 aliphatic carbocycles. The molecule has 2 aliphatic rings. The number of hydrogen-bond donors (Lipinski definition) is 1. The SMILES string of the molecule is CCC1(CC2CCC(N)CC2)CCC1. The first-order valence-electron chi connectivity index (χ1n) is 6.50. The Morgan fingerprint density at radius 1 is 1.14 bits per heavy atom. The molecule has 0 amide bonds. The summed E-state index contributed by atoms with van der Waals surface area (Å²) in [7, 11) is 0. The maximum Gasteiger partial charge on any atom is 0.00390 e. The van der Waals surface area contributed by atoms with Gasteiger partial charge < -0.3 is 5.73 Å². The molecule has 0 atom stereocenters. The normalized spacial score (nSPS) is 36.4. The highest BCUT2D eigenvalue weighted by molar-refractivity contribution is 4.89. The van der Waals surface area contributed by atoms with Gasteiger partial charge in [0.25, 0.3) is 0 Å². The van der Waals surface area contributed by atoms with Crippen LogP contribution in [0, 0.1) is 11.3 Å². The molecule has 1 heteroatoms. The van der Waals surface area contributed by atoms with Crippen molar-refractivity contribution in [3.63, 3.8) is 0 Å². The van der Waals surface area contributed by atoms with Crippen LogP contribution in [0.5, 0.6) is 0 Å². The molecule has 14 heavy (non-hydrogen) atoms. The van der Waals surface area contributed by atoms with Gasteiger partial charge in [-0.3, -0.25) is 0 Å². The van der Waals surface area contributed by atoms with Gasteiger partial charge in [-0.2, -0.15) is 0 Å². The summed E-state index contributed by atoms with van der Waals surface area (Å²) in [5, 5.41) is 0. The first-order chi connectivity index (χ1) is 6.74. The second-order valence-corrected chi connectivity index (χ2v) is 5.69. The largest absolute Gasteiger partial charge is 0.328 e. The Morgan fingerprint density at radius 3 is 2.21 bits per heavy atom. The van der Waals surface area contributed by atoms with Gasteiger partial charge in [-0.05, 0) is 56.3 Å². The van der Waals surface area contributed by atoms with Crippen LogP contribution in [0.15, 0.2) is 0 Å². The van der Waals surface area contributed by atoms with E-state index < -0.39 is 0 Å². The van der Waals surface area contributed by atoms with Gasteiger partial charge in [0.2, 0.25) is 0 Å². The molecule has 0 aromatic rings. The topological polar surface area (TPSA) is 26.0 Å². The fourth-order valence-electron chi connectivity index (χ4n) is 3.38. The van der Waals surface area contributed by atoms with Crippen molar-refractivity contribution >= 4 is 0 Å². The molecule has 0 bridgehead atoms. The van der Waals surface area contributed by atoms with E-state index >= 15 is 0 Å². The van der Waals surface area contributed by atoms with Crippen molar-refractivity contribution in [2.24, 2.45) is 17.1 Å². The molecular formula is C13H25N. The van der Waals surface area contributed by atoms with Crippen LogP contribution in [0.3, 0.4) is 0 Å². The summed E-state index contributed by atoms with van der Waals surface area (Å²) in [6, 6.07) is 0.519. The lowest BCUT2D eigenvalue weighted by Crippen LogP contribution is -2.34. The van der Waals surface area contributed by atoms with Gasteiger partial charge in [0, 0.05) is 6.04 Å². The maximum atomic E-state index is 5.94. The summed E-state index contributed by atoms with van der Waals surface area (Å²) in [5.41, 5.74) is 6.71. The van der Waals surface area contributed by atoms with Crippen LogP contribution in [0.25, 0.3) is 0 Å². The molecule has 0 saturated heterocycles. The van der Waals surface area contributed by atoms with E-state index in [4.69, 9.17) is 5.73 Å². The highest BCUT2D eigenvalue weighted by Crippen LogP contribution is 2.50. The van der Waals surface area contributed by atoms with Gasteiger partial charge in [-0.15, -0.1) is 0 Å². The fourth-order valence-corrected chi connectivity index (χ4v) is 3.38. The molecule has 2 fully saturated rings. The molecule has 0 aliphatic heterocycles. The molecule has 0 unspecified atom stereocenters. The van der Waals surface area contributed by atoms with E-state index in [2.05, 4.69) is 6.92 Å². The Balaban J connectivity index is 1.79. The van der Waals surface area contributed by atoms with E-state index in [1.54, 1.807) is 0 Å². The molecule has 0 aromatic heterocycles. The summed E-state index contributed by atoms with van der Waals surface area (Å²) >= 11 is 0. The third kappa shape index (κ3) is 2.13. The summed E-state index contributed by atoms with van der Waals surface area (Å²) < 4.78 is 0. The van der Waals surface area contributed by atoms with Gasteiger partial charge in [0.15, 0.2) is 0 Å². The zero-order chi connectivity index (χ0) is 10.0. The second kappa shape index (κ2) is 4.22. The third-order valence-electron chi connectivity index (χ3n) is 4.78. The van der Waals surface area contributed by atoms with Crippen molar-refractivity contribution in [1.82, 2.24) is 0 Å². The Labute approximate surface area is 88.4 Å². The predicted molar refractivity (Wildman–Crippen MR) is 61.1 cm³/mol. The maximum absolute atomic E-state index is 5.94. The van der Waals surface area contributed by atoms with Crippen molar-refractivity contribution in [2.45, 2.75) is 70.8 Å². The van der Waals surface area contributed by atoms with E-state index in [1.165, 1.54) is 57.8 Å². The van der Waals surface area contributed by atoms with Gasteiger partial charge in [0.1, 0.15) is 0 Å². The number of nitrogens with two attached hydrogens (primary N) is 1. The highest BCUT2D eigenvalue weighted by atomic mass is 14.6. The Kier molecular flexibility index (Phi) is 3.16. The van der Waals surface area contributed by atoms with E-state index in [-0.39, 0.29) is 0 Å². The molecule has 2 N–H and O–H groups in total. The van der Waals surface area contributed by atoms with E-state index in [1.807, 2.05) is 0 Å². The minimum atomic E-state index is 0.519. The third-order valence-corrected chi connectivity index (χ3v) is 4.78. The zero-order valence-corrected chi connectivity index (χ0v) is 9.60. The monoisotopic (exact) mass is 195 g/mol. The Morgan fingerprint density at radius 2 is 1.79 bits per heavy atom. The Hall–Kier alpha value is -0.0400.